The van der Waals surface area contributed by atoms with E-state index in [2.05, 4.69) is 34.4 Å². The molecule has 0 unspecified atom stereocenters. The smallest absolute Gasteiger partial charge is 0.191 e. The molecule has 0 fully saturated rings. The van der Waals surface area contributed by atoms with Crippen molar-refractivity contribution in [1.29, 1.82) is 0 Å². The van der Waals surface area contributed by atoms with Crippen molar-refractivity contribution in [1.82, 2.24) is 15.5 Å². The van der Waals surface area contributed by atoms with Crippen LogP contribution in [0, 0.1) is 0 Å². The minimum Gasteiger partial charge on any atom is -0.378 e. The predicted octanol–water partition coefficient (Wildman–Crippen LogP) is 0.284. The largest absolute Gasteiger partial charge is 0.378 e. The fraction of sp³-hybridized carbons (Fsp3) is 0.917. The van der Waals surface area contributed by atoms with Crippen molar-refractivity contribution < 1.29 is 4.74 Å². The van der Waals surface area contributed by atoms with E-state index >= 15 is 0 Å². The van der Waals surface area contributed by atoms with Gasteiger partial charge in [-0.1, -0.05) is 13.8 Å². The van der Waals surface area contributed by atoms with Gasteiger partial charge in [-0.2, -0.15) is 0 Å². The van der Waals surface area contributed by atoms with Crippen LogP contribution >= 0.6 is 0 Å². The molecule has 0 amide bonds. The summed E-state index contributed by atoms with van der Waals surface area (Å²) in [5.74, 6) is 0.920. The molecule has 1 heterocycles. The van der Waals surface area contributed by atoms with Gasteiger partial charge < -0.3 is 20.3 Å². The summed E-state index contributed by atoms with van der Waals surface area (Å²) in [7, 11) is 0. The quantitative estimate of drug-likeness (QED) is 0.601. The predicted molar refractivity (Wildman–Crippen MR) is 71.5 cm³/mol. The van der Waals surface area contributed by atoms with E-state index in [0.29, 0.717) is 0 Å². The van der Waals surface area contributed by atoms with Crippen LogP contribution < -0.4 is 10.6 Å². The first kappa shape index (κ1) is 14.3. The van der Waals surface area contributed by atoms with E-state index in [9.17, 15) is 0 Å². The standard InChI is InChI=1S/C12H26N4O/c1-3-16(4-2)9-11-17-10-8-15-12-13-6-5-7-14-12/h3-11H2,1-2H3,(H2,13,14,15). The van der Waals surface area contributed by atoms with Crippen molar-refractivity contribution >= 4 is 5.96 Å². The lowest BCUT2D eigenvalue weighted by Crippen LogP contribution is -2.42. The summed E-state index contributed by atoms with van der Waals surface area (Å²) < 4.78 is 5.57. The van der Waals surface area contributed by atoms with E-state index < -0.39 is 0 Å². The molecule has 5 heteroatoms. The first-order chi connectivity index (χ1) is 8.36. The lowest BCUT2D eigenvalue weighted by molar-refractivity contribution is 0.111. The van der Waals surface area contributed by atoms with Gasteiger partial charge in [0.05, 0.1) is 13.2 Å². The van der Waals surface area contributed by atoms with Crippen LogP contribution in [0.1, 0.15) is 20.3 Å². The molecule has 100 valence electrons. The number of ether oxygens (including phenoxy) is 1. The van der Waals surface area contributed by atoms with Gasteiger partial charge in [-0.15, -0.1) is 0 Å². The molecule has 0 bridgehead atoms. The van der Waals surface area contributed by atoms with Gasteiger partial charge in [-0.05, 0) is 19.5 Å². The number of nitrogens with one attached hydrogen (secondary N) is 2. The minimum absolute atomic E-state index is 0.738. The van der Waals surface area contributed by atoms with Gasteiger partial charge in [-0.25, -0.2) is 0 Å². The zero-order valence-corrected chi connectivity index (χ0v) is 11.2. The van der Waals surface area contributed by atoms with E-state index in [0.717, 1.165) is 64.9 Å². The number of nitrogens with zero attached hydrogens (tertiary/aromatic N) is 2. The minimum atomic E-state index is 0.738. The van der Waals surface area contributed by atoms with E-state index in [1.165, 1.54) is 0 Å². The van der Waals surface area contributed by atoms with Gasteiger partial charge in [0, 0.05) is 26.2 Å². The van der Waals surface area contributed by atoms with Gasteiger partial charge in [0.2, 0.25) is 0 Å². The Balaban J connectivity index is 1.92. The average Bonchev–Trinajstić information content (AvgIpc) is 2.39. The Morgan fingerprint density at radius 2 is 2.18 bits per heavy atom. The van der Waals surface area contributed by atoms with Crippen LogP contribution in [0.5, 0.6) is 0 Å². The molecule has 1 rings (SSSR count). The van der Waals surface area contributed by atoms with Gasteiger partial charge in [-0.3, -0.25) is 4.99 Å². The summed E-state index contributed by atoms with van der Waals surface area (Å²) >= 11 is 0. The zero-order chi connectivity index (χ0) is 12.3. The second-order valence-electron chi connectivity index (χ2n) is 4.08. The number of likely N-dealkylation sites (N-methyl/N-ethyl adjacent to an activating group) is 1. The summed E-state index contributed by atoms with van der Waals surface area (Å²) in [4.78, 5) is 6.69. The third-order valence-corrected chi connectivity index (χ3v) is 2.88. The van der Waals surface area contributed by atoms with Crippen molar-refractivity contribution in [2.45, 2.75) is 20.3 Å². The average molecular weight is 242 g/mol. The Morgan fingerprint density at radius 3 is 2.82 bits per heavy atom. The molecule has 0 aromatic rings. The molecule has 5 nitrogen and oxygen atoms in total. The summed E-state index contributed by atoms with van der Waals surface area (Å²) in [5, 5.41) is 6.46. The first-order valence-corrected chi connectivity index (χ1v) is 6.69. The Labute approximate surface area is 105 Å². The molecule has 0 aromatic heterocycles. The van der Waals surface area contributed by atoms with Crippen LogP contribution in [0.15, 0.2) is 4.99 Å². The maximum atomic E-state index is 5.57. The summed E-state index contributed by atoms with van der Waals surface area (Å²) in [6.07, 6.45) is 1.13. The molecule has 1 aliphatic heterocycles. The number of guanidine groups is 1. The Hall–Kier alpha value is -0.810. The first-order valence-electron chi connectivity index (χ1n) is 6.69. The number of rotatable bonds is 8. The third-order valence-electron chi connectivity index (χ3n) is 2.88. The van der Waals surface area contributed by atoms with Crippen molar-refractivity contribution in [2.24, 2.45) is 4.99 Å². The van der Waals surface area contributed by atoms with Gasteiger partial charge in [0.25, 0.3) is 0 Å². The Kier molecular flexibility index (Phi) is 7.75. The Bertz CT molecular complexity index is 217. The third kappa shape index (κ3) is 6.48. The van der Waals surface area contributed by atoms with Crippen molar-refractivity contribution in [2.75, 3.05) is 52.5 Å². The SMILES string of the molecule is CCN(CC)CCOCCNC1=NCCCN1. The van der Waals surface area contributed by atoms with Crippen molar-refractivity contribution in [3.63, 3.8) is 0 Å². The van der Waals surface area contributed by atoms with E-state index in [-0.39, 0.29) is 0 Å². The Morgan fingerprint density at radius 1 is 1.35 bits per heavy atom. The summed E-state index contributed by atoms with van der Waals surface area (Å²) in [5.41, 5.74) is 0. The number of hydrogen-bond acceptors (Lipinski definition) is 5. The van der Waals surface area contributed by atoms with Crippen LogP contribution in [0.3, 0.4) is 0 Å². The summed E-state index contributed by atoms with van der Waals surface area (Å²) in [6.45, 7) is 11.9. The number of aliphatic imine (C=N–C) groups is 1. The van der Waals surface area contributed by atoms with Crippen LogP contribution in [0.2, 0.25) is 0 Å². The number of hydrogen-bond donors (Lipinski definition) is 2. The fourth-order valence-corrected chi connectivity index (χ4v) is 1.73. The van der Waals surface area contributed by atoms with Crippen LogP contribution in [0.25, 0.3) is 0 Å². The maximum absolute atomic E-state index is 5.57. The highest BCUT2D eigenvalue weighted by Crippen LogP contribution is 1.88. The molecule has 0 atom stereocenters. The molecule has 0 spiro atoms. The lowest BCUT2D eigenvalue weighted by Gasteiger charge is -2.18. The highest BCUT2D eigenvalue weighted by atomic mass is 16.5. The monoisotopic (exact) mass is 242 g/mol. The lowest BCUT2D eigenvalue weighted by atomic mass is 10.4. The highest BCUT2D eigenvalue weighted by molar-refractivity contribution is 5.80. The molecule has 0 radical (unpaired) electrons. The maximum Gasteiger partial charge on any atom is 0.191 e. The normalized spacial score (nSPS) is 15.6. The second kappa shape index (κ2) is 9.24. The molecular formula is C12H26N4O. The molecule has 1 aliphatic rings. The van der Waals surface area contributed by atoms with E-state index in [1.54, 1.807) is 0 Å². The van der Waals surface area contributed by atoms with Gasteiger partial charge >= 0.3 is 0 Å². The van der Waals surface area contributed by atoms with Crippen molar-refractivity contribution in [3.05, 3.63) is 0 Å². The zero-order valence-electron chi connectivity index (χ0n) is 11.2. The van der Waals surface area contributed by atoms with E-state index in [1.807, 2.05) is 0 Å². The van der Waals surface area contributed by atoms with Crippen LogP contribution in [0.4, 0.5) is 0 Å². The molecule has 0 aromatic carbocycles. The van der Waals surface area contributed by atoms with E-state index in [4.69, 9.17) is 4.74 Å². The van der Waals surface area contributed by atoms with Crippen molar-refractivity contribution in [3.8, 4) is 0 Å². The van der Waals surface area contributed by atoms with Crippen LogP contribution in [-0.4, -0.2) is 63.3 Å². The van der Waals surface area contributed by atoms with Crippen LogP contribution in [-0.2, 0) is 4.74 Å². The highest BCUT2D eigenvalue weighted by Gasteiger charge is 2.02. The molecule has 17 heavy (non-hydrogen) atoms. The topological polar surface area (TPSA) is 48.9 Å². The van der Waals surface area contributed by atoms with Gasteiger partial charge in [0.15, 0.2) is 5.96 Å². The molecule has 0 saturated heterocycles. The molecular weight excluding hydrogens is 216 g/mol. The second-order valence-corrected chi connectivity index (χ2v) is 4.08. The van der Waals surface area contributed by atoms with Gasteiger partial charge in [0.1, 0.15) is 0 Å². The molecule has 2 N–H and O–H groups in total. The summed E-state index contributed by atoms with van der Waals surface area (Å²) in [6, 6.07) is 0. The fourth-order valence-electron chi connectivity index (χ4n) is 1.73. The molecule has 0 saturated carbocycles. The molecule has 0 aliphatic carbocycles.